The van der Waals surface area contributed by atoms with Crippen molar-refractivity contribution < 1.29 is 23.8 Å². The van der Waals surface area contributed by atoms with Gasteiger partial charge in [0.2, 0.25) is 0 Å². The minimum Gasteiger partial charge on any atom is -0.496 e. The fourth-order valence-electron chi connectivity index (χ4n) is 5.34. The summed E-state index contributed by atoms with van der Waals surface area (Å²) in [6, 6.07) is 14.6. The number of aromatic nitrogens is 2. The molecule has 10 heteroatoms. The molecule has 1 fully saturated rings. The number of ether oxygens (including phenoxy) is 1. The first-order valence-corrected chi connectivity index (χ1v) is 13.4. The van der Waals surface area contributed by atoms with Gasteiger partial charge in [0.15, 0.2) is 0 Å². The fourth-order valence-corrected chi connectivity index (χ4v) is 5.34. The summed E-state index contributed by atoms with van der Waals surface area (Å²) >= 11 is 0. The molecule has 5 rings (SSSR count). The molecular formula is C32H31FN4O5. The summed E-state index contributed by atoms with van der Waals surface area (Å²) in [6.45, 7) is 4.86. The average molecular weight is 571 g/mol. The van der Waals surface area contributed by atoms with E-state index in [1.165, 1.54) is 37.3 Å². The van der Waals surface area contributed by atoms with Gasteiger partial charge in [-0.3, -0.25) is 19.3 Å². The smallest absolute Gasteiger partial charge is 0.309 e. The largest absolute Gasteiger partial charge is 0.496 e. The van der Waals surface area contributed by atoms with E-state index < -0.39 is 29.2 Å². The second-order valence-corrected chi connectivity index (χ2v) is 10.5. The Morgan fingerprint density at radius 3 is 2.43 bits per heavy atom. The molecule has 0 bridgehead atoms. The third-order valence-corrected chi connectivity index (χ3v) is 7.82. The Morgan fingerprint density at radius 1 is 1.07 bits per heavy atom. The SMILES string of the molecule is COc1cc(-c2cccc(-c3cccc(NC(=O)c4cncn(C)c4=O)c3C)c2C)cc(F)c1CN1CC(C(=O)O)C1. The van der Waals surface area contributed by atoms with Crippen LogP contribution in [0.4, 0.5) is 10.1 Å². The van der Waals surface area contributed by atoms with E-state index in [-0.39, 0.29) is 12.1 Å². The molecule has 216 valence electrons. The number of likely N-dealkylation sites (tertiary alicyclic amines) is 1. The summed E-state index contributed by atoms with van der Waals surface area (Å²) in [5.41, 5.74) is 5.41. The average Bonchev–Trinajstić information content (AvgIpc) is 2.93. The van der Waals surface area contributed by atoms with Gasteiger partial charge >= 0.3 is 5.97 Å². The number of hydrogen-bond acceptors (Lipinski definition) is 6. The van der Waals surface area contributed by atoms with E-state index in [0.29, 0.717) is 35.7 Å². The predicted octanol–water partition coefficient (Wildman–Crippen LogP) is 4.65. The highest BCUT2D eigenvalue weighted by atomic mass is 19.1. The van der Waals surface area contributed by atoms with Crippen LogP contribution in [0.25, 0.3) is 22.3 Å². The molecule has 0 atom stereocenters. The summed E-state index contributed by atoms with van der Waals surface area (Å²) in [5, 5.41) is 12.0. The lowest BCUT2D eigenvalue weighted by molar-refractivity contribution is -0.147. The molecule has 1 saturated heterocycles. The Hall–Kier alpha value is -4.83. The lowest BCUT2D eigenvalue weighted by Crippen LogP contribution is -2.49. The summed E-state index contributed by atoms with van der Waals surface area (Å²) in [5.74, 6) is -1.84. The Morgan fingerprint density at radius 2 is 1.74 bits per heavy atom. The molecule has 1 aliphatic heterocycles. The summed E-state index contributed by atoms with van der Waals surface area (Å²) < 4.78 is 22.3. The summed E-state index contributed by atoms with van der Waals surface area (Å²) in [6.07, 6.45) is 2.60. The first-order chi connectivity index (χ1) is 20.1. The second kappa shape index (κ2) is 11.6. The first-order valence-electron chi connectivity index (χ1n) is 13.4. The summed E-state index contributed by atoms with van der Waals surface area (Å²) in [4.78, 5) is 42.3. The minimum absolute atomic E-state index is 0.0572. The van der Waals surface area contributed by atoms with Crippen LogP contribution < -0.4 is 15.6 Å². The lowest BCUT2D eigenvalue weighted by atomic mass is 9.90. The van der Waals surface area contributed by atoms with Crippen LogP contribution >= 0.6 is 0 Å². The Bertz CT molecular complexity index is 1760. The second-order valence-electron chi connectivity index (χ2n) is 10.5. The number of halogens is 1. The van der Waals surface area contributed by atoms with Crippen molar-refractivity contribution >= 4 is 17.6 Å². The Kier molecular flexibility index (Phi) is 7.91. The van der Waals surface area contributed by atoms with Gasteiger partial charge in [0.05, 0.1) is 19.4 Å². The molecule has 2 heterocycles. The monoisotopic (exact) mass is 570 g/mol. The van der Waals surface area contributed by atoms with Crippen LogP contribution in [0, 0.1) is 25.6 Å². The third-order valence-electron chi connectivity index (χ3n) is 7.82. The summed E-state index contributed by atoms with van der Waals surface area (Å²) in [7, 11) is 3.03. The van der Waals surface area contributed by atoms with Crippen LogP contribution in [0.1, 0.15) is 27.0 Å². The molecule has 0 saturated carbocycles. The number of nitrogens with zero attached hydrogens (tertiary/aromatic N) is 3. The number of hydrogen-bond donors (Lipinski definition) is 2. The van der Waals surface area contributed by atoms with Crippen LogP contribution in [0.3, 0.4) is 0 Å². The zero-order valence-corrected chi connectivity index (χ0v) is 23.8. The molecule has 0 unspecified atom stereocenters. The van der Waals surface area contributed by atoms with Gasteiger partial charge in [0.25, 0.3) is 11.5 Å². The Balaban J connectivity index is 1.45. The maximum atomic E-state index is 15.5. The van der Waals surface area contributed by atoms with Crippen LogP contribution in [0.2, 0.25) is 0 Å². The number of carboxylic acid groups (broad SMARTS) is 1. The molecule has 2 N–H and O–H groups in total. The van der Waals surface area contributed by atoms with Crippen LogP contribution in [-0.2, 0) is 18.4 Å². The van der Waals surface area contributed by atoms with Crippen molar-refractivity contribution in [3.8, 4) is 28.0 Å². The number of methoxy groups -OCH3 is 1. The zero-order chi connectivity index (χ0) is 30.1. The number of carbonyl (C=O) groups excluding carboxylic acids is 1. The van der Waals surface area contributed by atoms with Gasteiger partial charge < -0.3 is 19.7 Å². The number of aliphatic carboxylic acids is 1. The number of anilines is 1. The van der Waals surface area contributed by atoms with Crippen LogP contribution in [0.5, 0.6) is 5.75 Å². The van der Waals surface area contributed by atoms with Crippen LogP contribution in [0.15, 0.2) is 65.8 Å². The number of carboxylic acids is 1. The van der Waals surface area contributed by atoms with Crippen molar-refractivity contribution in [3.05, 3.63) is 99.5 Å². The number of benzene rings is 3. The van der Waals surface area contributed by atoms with Crippen molar-refractivity contribution in [1.82, 2.24) is 14.5 Å². The molecule has 9 nitrogen and oxygen atoms in total. The quantitative estimate of drug-likeness (QED) is 0.317. The number of aryl methyl sites for hydroxylation is 1. The van der Waals surface area contributed by atoms with E-state index in [4.69, 9.17) is 9.84 Å². The molecule has 0 spiro atoms. The molecule has 0 aliphatic carbocycles. The highest BCUT2D eigenvalue weighted by Crippen LogP contribution is 2.38. The van der Waals surface area contributed by atoms with Gasteiger partial charge in [-0.15, -0.1) is 0 Å². The van der Waals surface area contributed by atoms with Crippen molar-refractivity contribution in [1.29, 1.82) is 0 Å². The molecular weight excluding hydrogens is 539 g/mol. The van der Waals surface area contributed by atoms with E-state index in [2.05, 4.69) is 10.3 Å². The van der Waals surface area contributed by atoms with E-state index in [0.717, 1.165) is 27.8 Å². The number of amides is 1. The van der Waals surface area contributed by atoms with Crippen LogP contribution in [-0.4, -0.2) is 51.6 Å². The molecule has 42 heavy (non-hydrogen) atoms. The van der Waals surface area contributed by atoms with Gasteiger partial charge in [0, 0.05) is 44.1 Å². The molecule has 3 aromatic carbocycles. The third kappa shape index (κ3) is 5.40. The minimum atomic E-state index is -0.841. The molecule has 0 radical (unpaired) electrons. The number of carbonyl (C=O) groups is 2. The van der Waals surface area contributed by atoms with Crippen molar-refractivity contribution in [3.63, 3.8) is 0 Å². The standard InChI is InChI=1S/C32H31FN4O5/c1-18-22(20-11-27(33)26(29(12-20)42-4)16-37-14-21(15-37)32(40)41)7-5-8-23(18)24-9-6-10-28(19(24)2)35-30(38)25-13-34-17-36(3)31(25)39/h5-13,17,21H,14-16H2,1-4H3,(H,35,38)(H,40,41). The number of rotatable bonds is 8. The van der Waals surface area contributed by atoms with E-state index in [9.17, 15) is 14.4 Å². The van der Waals surface area contributed by atoms with Gasteiger partial charge in [-0.05, 0) is 65.4 Å². The zero-order valence-electron chi connectivity index (χ0n) is 23.8. The highest BCUT2D eigenvalue weighted by Gasteiger charge is 2.33. The van der Waals surface area contributed by atoms with E-state index >= 15 is 4.39 Å². The van der Waals surface area contributed by atoms with Gasteiger partial charge in [-0.2, -0.15) is 0 Å². The van der Waals surface area contributed by atoms with Gasteiger partial charge in [0.1, 0.15) is 17.1 Å². The van der Waals surface area contributed by atoms with Crippen molar-refractivity contribution in [2.24, 2.45) is 13.0 Å². The molecule has 4 aromatic rings. The fraction of sp³-hybridized carbons (Fsp3) is 0.250. The lowest BCUT2D eigenvalue weighted by Gasteiger charge is -2.36. The van der Waals surface area contributed by atoms with Crippen molar-refractivity contribution in [2.75, 3.05) is 25.5 Å². The molecule has 1 amide bonds. The van der Waals surface area contributed by atoms with Gasteiger partial charge in [-0.1, -0.05) is 30.3 Å². The normalized spacial score (nSPS) is 13.5. The predicted molar refractivity (Wildman–Crippen MR) is 157 cm³/mol. The van der Waals surface area contributed by atoms with Crippen molar-refractivity contribution in [2.45, 2.75) is 20.4 Å². The topological polar surface area (TPSA) is 114 Å². The van der Waals surface area contributed by atoms with E-state index in [1.54, 1.807) is 12.1 Å². The maximum absolute atomic E-state index is 15.5. The Labute approximate surface area is 242 Å². The highest BCUT2D eigenvalue weighted by molar-refractivity contribution is 6.04. The molecule has 1 aromatic heterocycles. The number of nitrogens with one attached hydrogen (secondary N) is 1. The van der Waals surface area contributed by atoms with Gasteiger partial charge in [-0.25, -0.2) is 9.37 Å². The first kappa shape index (κ1) is 28.7. The van der Waals surface area contributed by atoms with E-state index in [1.807, 2.05) is 49.1 Å². The maximum Gasteiger partial charge on any atom is 0.309 e. The molecule has 1 aliphatic rings.